The summed E-state index contributed by atoms with van der Waals surface area (Å²) in [4.78, 5) is 31.4. The first kappa shape index (κ1) is 18.7. The van der Waals surface area contributed by atoms with Gasteiger partial charge in [0.1, 0.15) is 11.6 Å². The summed E-state index contributed by atoms with van der Waals surface area (Å²) in [5.41, 5.74) is 3.37. The fourth-order valence-corrected chi connectivity index (χ4v) is 4.32. The second-order valence-corrected chi connectivity index (χ2v) is 7.89. The fraction of sp³-hybridized carbons (Fsp3) is 0.348. The maximum atomic E-state index is 12.9. The number of imidazole rings is 1. The summed E-state index contributed by atoms with van der Waals surface area (Å²) in [5, 5.41) is 2.94. The highest BCUT2D eigenvalue weighted by Crippen LogP contribution is 2.33. The average molecular weight is 404 g/mol. The van der Waals surface area contributed by atoms with Crippen LogP contribution < -0.4 is 15.0 Å². The third-order valence-corrected chi connectivity index (χ3v) is 5.82. The lowest BCUT2D eigenvalue weighted by Crippen LogP contribution is -2.48. The van der Waals surface area contributed by atoms with Crippen molar-refractivity contribution in [3.8, 4) is 5.75 Å². The van der Waals surface area contributed by atoms with Crippen LogP contribution in [-0.2, 0) is 22.6 Å². The number of hydrogen-bond acceptors (Lipinski definition) is 4. The first-order valence-corrected chi connectivity index (χ1v) is 10.4. The highest BCUT2D eigenvalue weighted by Gasteiger charge is 2.32. The molecule has 0 spiro atoms. The predicted octanol–water partition coefficient (Wildman–Crippen LogP) is 3.52. The second-order valence-electron chi connectivity index (χ2n) is 7.89. The van der Waals surface area contributed by atoms with Gasteiger partial charge in [-0.3, -0.25) is 9.59 Å². The van der Waals surface area contributed by atoms with E-state index in [1.54, 1.807) is 11.0 Å². The van der Waals surface area contributed by atoms with Crippen LogP contribution in [0.25, 0.3) is 11.0 Å². The molecule has 0 radical (unpaired) electrons. The van der Waals surface area contributed by atoms with Crippen molar-refractivity contribution in [3.63, 3.8) is 0 Å². The zero-order chi connectivity index (χ0) is 20.7. The number of nitrogens with one attached hydrogen (secondary N) is 1. The van der Waals surface area contributed by atoms with E-state index in [-0.39, 0.29) is 18.4 Å². The Morgan fingerprint density at radius 3 is 2.87 bits per heavy atom. The molecule has 154 valence electrons. The summed E-state index contributed by atoms with van der Waals surface area (Å²) in [5.74, 6) is 1.25. The van der Waals surface area contributed by atoms with Gasteiger partial charge >= 0.3 is 0 Å². The monoisotopic (exact) mass is 404 g/mol. The molecule has 30 heavy (non-hydrogen) atoms. The summed E-state index contributed by atoms with van der Waals surface area (Å²) < 4.78 is 8.18. The predicted molar refractivity (Wildman–Crippen MR) is 115 cm³/mol. The Morgan fingerprint density at radius 1 is 1.13 bits per heavy atom. The van der Waals surface area contributed by atoms with E-state index < -0.39 is 6.10 Å². The third-order valence-electron chi connectivity index (χ3n) is 5.82. The molecule has 0 fully saturated rings. The van der Waals surface area contributed by atoms with Crippen LogP contribution >= 0.6 is 0 Å². The molecule has 2 aromatic carbocycles. The average Bonchev–Trinajstić information content (AvgIpc) is 2.92. The molecule has 2 amide bonds. The Morgan fingerprint density at radius 2 is 2.00 bits per heavy atom. The number of rotatable bonds is 2. The van der Waals surface area contributed by atoms with Gasteiger partial charge in [0.15, 0.2) is 6.10 Å². The molecule has 0 saturated heterocycles. The summed E-state index contributed by atoms with van der Waals surface area (Å²) in [6.45, 7) is 2.67. The van der Waals surface area contributed by atoms with Crippen molar-refractivity contribution in [2.45, 2.75) is 45.3 Å². The normalized spacial score (nSPS) is 18.2. The molecule has 0 bridgehead atoms. The molecule has 3 heterocycles. The van der Waals surface area contributed by atoms with Crippen molar-refractivity contribution in [2.24, 2.45) is 0 Å². The zero-order valence-electron chi connectivity index (χ0n) is 16.9. The third kappa shape index (κ3) is 3.30. The van der Waals surface area contributed by atoms with Gasteiger partial charge in [0.05, 0.1) is 23.3 Å². The molecular weight excluding hydrogens is 380 g/mol. The minimum Gasteiger partial charge on any atom is -0.476 e. The highest BCUT2D eigenvalue weighted by molar-refractivity contribution is 6.00. The number of anilines is 2. The van der Waals surface area contributed by atoms with Gasteiger partial charge in [-0.2, -0.15) is 0 Å². The SMILES string of the molecule is CC(=O)N1CC(C(=O)Nc2ccc3c(c2)nc2n3CCCCC2)Oc2ccccc21. The molecule has 3 aromatic rings. The van der Waals surface area contributed by atoms with Gasteiger partial charge in [0.2, 0.25) is 5.91 Å². The Hall–Kier alpha value is -3.35. The van der Waals surface area contributed by atoms with Crippen LogP contribution in [0.4, 0.5) is 11.4 Å². The number of amides is 2. The molecular formula is C23H24N4O3. The maximum absolute atomic E-state index is 12.9. The van der Waals surface area contributed by atoms with Crippen LogP contribution in [0.5, 0.6) is 5.75 Å². The second kappa shape index (κ2) is 7.48. The number of aromatic nitrogens is 2. The quantitative estimate of drug-likeness (QED) is 0.709. The Balaban J connectivity index is 1.37. The molecule has 5 rings (SSSR count). The van der Waals surface area contributed by atoms with E-state index >= 15 is 0 Å². The molecule has 0 saturated carbocycles. The molecule has 1 aromatic heterocycles. The summed E-state index contributed by atoms with van der Waals surface area (Å²) in [6, 6.07) is 13.1. The van der Waals surface area contributed by atoms with Crippen LogP contribution in [0, 0.1) is 0 Å². The molecule has 7 heteroatoms. The minimum absolute atomic E-state index is 0.121. The summed E-state index contributed by atoms with van der Waals surface area (Å²) in [6.07, 6.45) is 3.79. The van der Waals surface area contributed by atoms with Gasteiger partial charge < -0.3 is 19.5 Å². The summed E-state index contributed by atoms with van der Waals surface area (Å²) >= 11 is 0. The smallest absolute Gasteiger partial charge is 0.267 e. The largest absolute Gasteiger partial charge is 0.476 e. The van der Waals surface area contributed by atoms with Gasteiger partial charge in [-0.05, 0) is 43.2 Å². The number of benzene rings is 2. The lowest BCUT2D eigenvalue weighted by molar-refractivity contribution is -0.123. The lowest BCUT2D eigenvalue weighted by Gasteiger charge is -2.33. The number of carbonyl (C=O) groups excluding carboxylic acids is 2. The molecule has 1 N–H and O–H groups in total. The van der Waals surface area contributed by atoms with E-state index in [2.05, 4.69) is 9.88 Å². The molecule has 7 nitrogen and oxygen atoms in total. The van der Waals surface area contributed by atoms with E-state index in [1.165, 1.54) is 26.2 Å². The van der Waals surface area contributed by atoms with Gasteiger partial charge in [0.25, 0.3) is 5.91 Å². The Bertz CT molecular complexity index is 1140. The molecule has 2 aliphatic rings. The van der Waals surface area contributed by atoms with E-state index in [0.717, 1.165) is 29.8 Å². The van der Waals surface area contributed by atoms with Crippen LogP contribution in [-0.4, -0.2) is 34.0 Å². The van der Waals surface area contributed by atoms with Gasteiger partial charge in [-0.1, -0.05) is 18.6 Å². The van der Waals surface area contributed by atoms with Crippen molar-refractivity contribution in [1.82, 2.24) is 9.55 Å². The van der Waals surface area contributed by atoms with Gasteiger partial charge in [0, 0.05) is 25.6 Å². The van der Waals surface area contributed by atoms with Crippen molar-refractivity contribution < 1.29 is 14.3 Å². The number of hydrogen-bond donors (Lipinski definition) is 1. The van der Waals surface area contributed by atoms with Crippen molar-refractivity contribution in [3.05, 3.63) is 48.3 Å². The van der Waals surface area contributed by atoms with E-state index in [1.807, 2.05) is 36.4 Å². The first-order chi connectivity index (χ1) is 14.6. The van der Waals surface area contributed by atoms with E-state index in [9.17, 15) is 9.59 Å². The number of ether oxygens (including phenoxy) is 1. The maximum Gasteiger partial charge on any atom is 0.267 e. The number of fused-ring (bicyclic) bond motifs is 4. The van der Waals surface area contributed by atoms with E-state index in [0.29, 0.717) is 17.1 Å². The topological polar surface area (TPSA) is 76.5 Å². The fourth-order valence-electron chi connectivity index (χ4n) is 4.32. The van der Waals surface area contributed by atoms with Crippen molar-refractivity contribution >= 4 is 34.2 Å². The van der Waals surface area contributed by atoms with Crippen LogP contribution in [0.3, 0.4) is 0 Å². The first-order valence-electron chi connectivity index (χ1n) is 10.4. The van der Waals surface area contributed by atoms with Gasteiger partial charge in [-0.25, -0.2) is 4.98 Å². The van der Waals surface area contributed by atoms with Gasteiger partial charge in [-0.15, -0.1) is 0 Å². The highest BCUT2D eigenvalue weighted by atomic mass is 16.5. The molecule has 0 aliphatic carbocycles. The standard InChI is InChI=1S/C23H24N4O3/c1-15(28)27-14-21(30-20-8-5-4-7-19(20)27)23(29)24-16-10-11-18-17(13-16)25-22-9-3-2-6-12-26(18)22/h4-5,7-8,10-11,13,21H,2-3,6,9,12,14H2,1H3,(H,24,29). The molecule has 2 aliphatic heterocycles. The van der Waals surface area contributed by atoms with Crippen LogP contribution in [0.1, 0.15) is 32.0 Å². The molecule has 1 atom stereocenters. The number of aryl methyl sites for hydroxylation is 2. The number of nitrogens with zero attached hydrogens (tertiary/aromatic N) is 3. The number of para-hydroxylation sites is 2. The van der Waals surface area contributed by atoms with Crippen molar-refractivity contribution in [2.75, 3.05) is 16.8 Å². The zero-order valence-corrected chi connectivity index (χ0v) is 16.9. The van der Waals surface area contributed by atoms with Crippen LogP contribution in [0.15, 0.2) is 42.5 Å². The summed E-state index contributed by atoms with van der Waals surface area (Å²) in [7, 11) is 0. The lowest BCUT2D eigenvalue weighted by atomic mass is 10.1. The minimum atomic E-state index is -0.779. The van der Waals surface area contributed by atoms with E-state index in [4.69, 9.17) is 9.72 Å². The van der Waals surface area contributed by atoms with Crippen LogP contribution in [0.2, 0.25) is 0 Å². The van der Waals surface area contributed by atoms with Crippen molar-refractivity contribution in [1.29, 1.82) is 0 Å². The Kier molecular flexibility index (Phi) is 4.65. The number of carbonyl (C=O) groups is 2. The Labute approximate surface area is 174 Å². The molecule has 1 unspecified atom stereocenters.